The van der Waals surface area contributed by atoms with E-state index in [0.29, 0.717) is 18.8 Å². The van der Waals surface area contributed by atoms with Crippen LogP contribution in [-0.2, 0) is 11.3 Å². The summed E-state index contributed by atoms with van der Waals surface area (Å²) in [6, 6.07) is 9.44. The molecule has 0 saturated carbocycles. The quantitative estimate of drug-likeness (QED) is 0.840. The number of benzene rings is 1. The lowest BCUT2D eigenvalue weighted by Crippen LogP contribution is -2.33. The van der Waals surface area contributed by atoms with E-state index in [1.807, 2.05) is 37.3 Å². The number of hydrogen-bond donors (Lipinski definition) is 1. The van der Waals surface area contributed by atoms with Crippen molar-refractivity contribution in [2.45, 2.75) is 19.9 Å². The van der Waals surface area contributed by atoms with Crippen molar-refractivity contribution >= 4 is 23.3 Å². The third kappa shape index (κ3) is 4.32. The molecule has 1 aromatic carbocycles. The van der Waals surface area contributed by atoms with Crippen LogP contribution in [0, 0.1) is 0 Å². The van der Waals surface area contributed by atoms with Gasteiger partial charge in [0, 0.05) is 6.54 Å². The highest BCUT2D eigenvalue weighted by Gasteiger charge is 2.17. The van der Waals surface area contributed by atoms with Crippen LogP contribution in [0.5, 0.6) is 0 Å². The van der Waals surface area contributed by atoms with Crippen molar-refractivity contribution in [3.63, 3.8) is 0 Å². The molecule has 0 aliphatic rings. The number of carboxylic acid groups (broad SMARTS) is 1. The van der Waals surface area contributed by atoms with Gasteiger partial charge in [0.25, 0.3) is 5.56 Å². The SMILES string of the molecule is CCCN(CC(=O)O)c1cnn(Cc2ccccc2)c(=O)c1Cl. The van der Waals surface area contributed by atoms with Crippen molar-refractivity contribution in [2.24, 2.45) is 0 Å². The predicted molar refractivity (Wildman–Crippen MR) is 89.2 cm³/mol. The second-order valence-corrected chi connectivity index (χ2v) is 5.49. The summed E-state index contributed by atoms with van der Waals surface area (Å²) in [5.74, 6) is -0.983. The third-order valence-corrected chi connectivity index (χ3v) is 3.66. The Balaban J connectivity index is 2.32. The highest BCUT2D eigenvalue weighted by molar-refractivity contribution is 6.33. The van der Waals surface area contributed by atoms with Crippen LogP contribution in [-0.4, -0.2) is 33.9 Å². The molecular weight excluding hydrogens is 318 g/mol. The molecule has 1 heterocycles. The average molecular weight is 336 g/mol. The van der Waals surface area contributed by atoms with Crippen LogP contribution >= 0.6 is 11.6 Å². The molecule has 23 heavy (non-hydrogen) atoms. The lowest BCUT2D eigenvalue weighted by Gasteiger charge is -2.22. The van der Waals surface area contributed by atoms with E-state index in [4.69, 9.17) is 16.7 Å². The summed E-state index contributed by atoms with van der Waals surface area (Å²) in [5, 5.41) is 13.1. The summed E-state index contributed by atoms with van der Waals surface area (Å²) >= 11 is 6.17. The number of hydrogen-bond acceptors (Lipinski definition) is 4. The number of carboxylic acids is 1. The number of rotatable bonds is 7. The highest BCUT2D eigenvalue weighted by atomic mass is 35.5. The Bertz CT molecular complexity index is 731. The van der Waals surface area contributed by atoms with Crippen molar-refractivity contribution in [1.82, 2.24) is 9.78 Å². The van der Waals surface area contributed by atoms with Gasteiger partial charge in [-0.25, -0.2) is 4.68 Å². The third-order valence-electron chi connectivity index (χ3n) is 3.30. The van der Waals surface area contributed by atoms with Gasteiger partial charge in [0.15, 0.2) is 0 Å². The number of aromatic nitrogens is 2. The molecule has 122 valence electrons. The fourth-order valence-corrected chi connectivity index (χ4v) is 2.53. The second kappa shape index (κ2) is 7.78. The van der Waals surface area contributed by atoms with Gasteiger partial charge in [-0.15, -0.1) is 0 Å². The maximum absolute atomic E-state index is 12.4. The first-order valence-electron chi connectivity index (χ1n) is 7.29. The van der Waals surface area contributed by atoms with Gasteiger partial charge in [-0.1, -0.05) is 48.9 Å². The van der Waals surface area contributed by atoms with Gasteiger partial charge in [0.05, 0.1) is 18.4 Å². The van der Waals surface area contributed by atoms with Crippen molar-refractivity contribution in [3.05, 3.63) is 57.5 Å². The largest absolute Gasteiger partial charge is 0.480 e. The minimum atomic E-state index is -0.983. The van der Waals surface area contributed by atoms with Crippen LogP contribution in [0.25, 0.3) is 0 Å². The van der Waals surface area contributed by atoms with E-state index >= 15 is 0 Å². The zero-order valence-electron chi connectivity index (χ0n) is 12.8. The summed E-state index contributed by atoms with van der Waals surface area (Å²) in [4.78, 5) is 24.9. The smallest absolute Gasteiger partial charge is 0.323 e. The molecule has 0 bridgehead atoms. The Morgan fingerprint density at radius 2 is 2.04 bits per heavy atom. The standard InChI is InChI=1S/C16H18ClN3O3/c1-2-8-19(11-14(21)22)13-9-18-20(16(23)15(13)17)10-12-6-4-3-5-7-12/h3-7,9H,2,8,10-11H2,1H3,(H,21,22). The molecule has 2 aromatic rings. The van der Waals surface area contributed by atoms with Crippen LogP contribution in [0.15, 0.2) is 41.3 Å². The van der Waals surface area contributed by atoms with Crippen LogP contribution < -0.4 is 10.5 Å². The van der Waals surface area contributed by atoms with E-state index in [0.717, 1.165) is 12.0 Å². The van der Waals surface area contributed by atoms with Gasteiger partial charge in [0.1, 0.15) is 11.6 Å². The van der Waals surface area contributed by atoms with Gasteiger partial charge < -0.3 is 10.0 Å². The molecule has 1 N–H and O–H groups in total. The van der Waals surface area contributed by atoms with Crippen LogP contribution in [0.3, 0.4) is 0 Å². The van der Waals surface area contributed by atoms with Crippen molar-refractivity contribution in [3.8, 4) is 0 Å². The summed E-state index contributed by atoms with van der Waals surface area (Å²) in [7, 11) is 0. The Morgan fingerprint density at radius 1 is 1.35 bits per heavy atom. The Labute approximate surface area is 138 Å². The van der Waals surface area contributed by atoms with Crippen molar-refractivity contribution in [1.29, 1.82) is 0 Å². The van der Waals surface area contributed by atoms with Crippen molar-refractivity contribution in [2.75, 3.05) is 18.0 Å². The molecular formula is C16H18ClN3O3. The van der Waals surface area contributed by atoms with Gasteiger partial charge in [0.2, 0.25) is 0 Å². The first-order chi connectivity index (χ1) is 11.0. The number of halogens is 1. The zero-order chi connectivity index (χ0) is 16.8. The molecule has 0 amide bonds. The molecule has 0 aliphatic carbocycles. The maximum atomic E-state index is 12.4. The molecule has 0 atom stereocenters. The van der Waals surface area contributed by atoms with E-state index in [9.17, 15) is 9.59 Å². The fraction of sp³-hybridized carbons (Fsp3) is 0.312. The van der Waals surface area contributed by atoms with E-state index in [2.05, 4.69) is 5.10 Å². The van der Waals surface area contributed by atoms with E-state index < -0.39 is 11.5 Å². The number of carbonyl (C=O) groups is 1. The zero-order valence-corrected chi connectivity index (χ0v) is 13.5. The monoisotopic (exact) mass is 335 g/mol. The average Bonchev–Trinajstić information content (AvgIpc) is 2.52. The molecule has 1 aromatic heterocycles. The Kier molecular flexibility index (Phi) is 5.76. The topological polar surface area (TPSA) is 75.4 Å². The Morgan fingerprint density at radius 3 is 2.65 bits per heavy atom. The molecule has 6 nitrogen and oxygen atoms in total. The molecule has 0 unspecified atom stereocenters. The molecule has 7 heteroatoms. The number of anilines is 1. The summed E-state index contributed by atoms with van der Waals surface area (Å²) in [5.41, 5.74) is 0.853. The normalized spacial score (nSPS) is 10.5. The first-order valence-corrected chi connectivity index (χ1v) is 7.67. The highest BCUT2D eigenvalue weighted by Crippen LogP contribution is 2.21. The Hall–Kier alpha value is -2.34. The minimum Gasteiger partial charge on any atom is -0.480 e. The molecule has 0 saturated heterocycles. The summed E-state index contributed by atoms with van der Waals surface area (Å²) in [6.07, 6.45) is 2.18. The molecule has 0 spiro atoms. The lowest BCUT2D eigenvalue weighted by molar-refractivity contribution is -0.135. The maximum Gasteiger partial charge on any atom is 0.323 e. The van der Waals surface area contributed by atoms with Crippen LogP contribution in [0.1, 0.15) is 18.9 Å². The van der Waals surface area contributed by atoms with Crippen molar-refractivity contribution < 1.29 is 9.90 Å². The lowest BCUT2D eigenvalue weighted by atomic mass is 10.2. The minimum absolute atomic E-state index is 0.00867. The fourth-order valence-electron chi connectivity index (χ4n) is 2.26. The number of aliphatic carboxylic acids is 1. The van der Waals surface area contributed by atoms with E-state index in [1.165, 1.54) is 10.9 Å². The van der Waals surface area contributed by atoms with E-state index in [-0.39, 0.29) is 11.6 Å². The van der Waals surface area contributed by atoms with E-state index in [1.54, 1.807) is 4.90 Å². The van der Waals surface area contributed by atoms with Gasteiger partial charge in [-0.3, -0.25) is 9.59 Å². The van der Waals surface area contributed by atoms with Gasteiger partial charge >= 0.3 is 5.97 Å². The predicted octanol–water partition coefficient (Wildman–Crippen LogP) is 2.25. The van der Waals surface area contributed by atoms with Crippen LogP contribution in [0.2, 0.25) is 5.02 Å². The molecule has 0 radical (unpaired) electrons. The summed E-state index contributed by atoms with van der Waals surface area (Å²) < 4.78 is 1.27. The molecule has 0 fully saturated rings. The number of nitrogens with zero attached hydrogens (tertiary/aromatic N) is 3. The molecule has 0 aliphatic heterocycles. The first kappa shape index (κ1) is 17.0. The van der Waals surface area contributed by atoms with Crippen LogP contribution in [0.4, 0.5) is 5.69 Å². The molecule has 2 rings (SSSR count). The summed E-state index contributed by atoms with van der Waals surface area (Å²) in [6.45, 7) is 2.49. The van der Waals surface area contributed by atoms with Gasteiger partial charge in [-0.05, 0) is 12.0 Å². The second-order valence-electron chi connectivity index (χ2n) is 5.11. The van der Waals surface area contributed by atoms with Gasteiger partial charge in [-0.2, -0.15) is 5.10 Å².